The van der Waals surface area contributed by atoms with Crippen molar-refractivity contribution in [2.24, 2.45) is 0 Å². The number of hydrogen-bond acceptors (Lipinski definition) is 2. The number of carbonyl (C=O) groups is 1. The highest BCUT2D eigenvalue weighted by Gasteiger charge is 2.03. The molecule has 0 atom stereocenters. The third-order valence-electron chi connectivity index (χ3n) is 2.28. The predicted octanol–water partition coefficient (Wildman–Crippen LogP) is 2.58. The van der Waals surface area contributed by atoms with E-state index < -0.39 is 0 Å². The Morgan fingerprint density at radius 3 is 2.62 bits per heavy atom. The van der Waals surface area contributed by atoms with Gasteiger partial charge in [-0.15, -0.1) is 0 Å². The monoisotopic (exact) mass is 218 g/mol. The summed E-state index contributed by atoms with van der Waals surface area (Å²) in [4.78, 5) is 13.4. The van der Waals surface area contributed by atoms with Crippen LogP contribution in [0.5, 0.6) is 0 Å². The van der Waals surface area contributed by atoms with Gasteiger partial charge in [-0.1, -0.05) is 12.1 Å². The molecule has 1 aromatic rings. The largest absolute Gasteiger partial charge is 0.377 e. The first-order chi connectivity index (χ1) is 7.54. The maximum Gasteiger partial charge on any atom is 0.248 e. The number of benzene rings is 1. The quantitative estimate of drug-likeness (QED) is 0.791. The van der Waals surface area contributed by atoms with E-state index in [1.165, 1.54) is 11.6 Å². The molecule has 1 rings (SSSR count). The van der Waals surface area contributed by atoms with Gasteiger partial charge in [-0.05, 0) is 37.6 Å². The van der Waals surface area contributed by atoms with Gasteiger partial charge in [0, 0.05) is 25.5 Å². The molecule has 0 fully saturated rings. The molecule has 0 bridgehead atoms. The number of aryl methyl sites for hydroxylation is 1. The van der Waals surface area contributed by atoms with Crippen molar-refractivity contribution in [3.8, 4) is 0 Å². The maximum absolute atomic E-state index is 11.4. The highest BCUT2D eigenvalue weighted by atomic mass is 16.1. The Morgan fingerprint density at radius 1 is 1.38 bits per heavy atom. The highest BCUT2D eigenvalue weighted by molar-refractivity contribution is 5.99. The van der Waals surface area contributed by atoms with Crippen molar-refractivity contribution in [3.05, 3.63) is 35.9 Å². The van der Waals surface area contributed by atoms with Crippen molar-refractivity contribution in [2.45, 2.75) is 13.8 Å². The number of anilines is 2. The molecule has 0 aliphatic rings. The van der Waals surface area contributed by atoms with Crippen molar-refractivity contribution in [2.75, 3.05) is 24.3 Å². The average Bonchev–Trinajstić information content (AvgIpc) is 2.21. The number of nitrogens with zero attached hydrogens (tertiary/aromatic N) is 1. The molecule has 16 heavy (non-hydrogen) atoms. The zero-order valence-corrected chi connectivity index (χ0v) is 10.2. The van der Waals surface area contributed by atoms with Crippen LogP contribution in [0, 0.1) is 6.92 Å². The zero-order chi connectivity index (χ0) is 12.1. The minimum atomic E-state index is -0.101. The standard InChI is InChI=1S/C13H18N2O/c1-5-6-13(16)14-11-8-7-10(2)12(9-11)15(3)4/h5-9H,1-4H3,(H,14,16)/b6-5+. The highest BCUT2D eigenvalue weighted by Crippen LogP contribution is 2.22. The summed E-state index contributed by atoms with van der Waals surface area (Å²) in [6.07, 6.45) is 3.23. The summed E-state index contributed by atoms with van der Waals surface area (Å²) >= 11 is 0. The summed E-state index contributed by atoms with van der Waals surface area (Å²) in [6, 6.07) is 5.88. The van der Waals surface area contributed by atoms with Crippen LogP contribution in [-0.2, 0) is 4.79 Å². The van der Waals surface area contributed by atoms with Crippen LogP contribution in [-0.4, -0.2) is 20.0 Å². The van der Waals surface area contributed by atoms with E-state index in [-0.39, 0.29) is 5.91 Å². The second-order valence-electron chi connectivity index (χ2n) is 3.88. The van der Waals surface area contributed by atoms with Gasteiger partial charge in [0.25, 0.3) is 0 Å². The lowest BCUT2D eigenvalue weighted by molar-refractivity contribution is -0.111. The average molecular weight is 218 g/mol. The van der Waals surface area contributed by atoms with Gasteiger partial charge in [0.05, 0.1) is 0 Å². The Morgan fingerprint density at radius 2 is 2.06 bits per heavy atom. The number of hydrogen-bond donors (Lipinski definition) is 1. The first-order valence-electron chi connectivity index (χ1n) is 5.26. The first kappa shape index (κ1) is 12.3. The van der Waals surface area contributed by atoms with Gasteiger partial charge >= 0.3 is 0 Å². The third kappa shape index (κ3) is 3.12. The number of amides is 1. The second kappa shape index (κ2) is 5.35. The fraction of sp³-hybridized carbons (Fsp3) is 0.308. The van der Waals surface area contributed by atoms with Crippen molar-refractivity contribution in [1.82, 2.24) is 0 Å². The molecule has 1 amide bonds. The van der Waals surface area contributed by atoms with Crippen LogP contribution in [0.15, 0.2) is 30.4 Å². The van der Waals surface area contributed by atoms with Crippen LogP contribution in [0.1, 0.15) is 12.5 Å². The summed E-state index contributed by atoms with van der Waals surface area (Å²) in [5.41, 5.74) is 3.12. The molecule has 1 aromatic carbocycles. The van der Waals surface area contributed by atoms with Crippen LogP contribution >= 0.6 is 0 Å². The number of carbonyl (C=O) groups excluding carboxylic acids is 1. The summed E-state index contributed by atoms with van der Waals surface area (Å²) in [6.45, 7) is 3.87. The molecule has 86 valence electrons. The maximum atomic E-state index is 11.4. The summed E-state index contributed by atoms with van der Waals surface area (Å²) in [7, 11) is 3.97. The molecule has 0 saturated carbocycles. The van der Waals surface area contributed by atoms with Gasteiger partial charge in [-0.25, -0.2) is 0 Å². The molecular formula is C13H18N2O. The zero-order valence-electron chi connectivity index (χ0n) is 10.2. The van der Waals surface area contributed by atoms with E-state index in [9.17, 15) is 4.79 Å². The minimum absolute atomic E-state index is 0.101. The van der Waals surface area contributed by atoms with Crippen molar-refractivity contribution in [3.63, 3.8) is 0 Å². The van der Waals surface area contributed by atoms with Crippen LogP contribution < -0.4 is 10.2 Å². The Balaban J connectivity index is 2.91. The number of allylic oxidation sites excluding steroid dienone is 1. The van der Waals surface area contributed by atoms with E-state index in [2.05, 4.69) is 5.32 Å². The lowest BCUT2D eigenvalue weighted by atomic mass is 10.1. The molecule has 0 unspecified atom stereocenters. The number of nitrogens with one attached hydrogen (secondary N) is 1. The Hall–Kier alpha value is -1.77. The molecule has 1 N–H and O–H groups in total. The van der Waals surface area contributed by atoms with Crippen LogP contribution in [0.25, 0.3) is 0 Å². The van der Waals surface area contributed by atoms with Crippen molar-refractivity contribution in [1.29, 1.82) is 0 Å². The summed E-state index contributed by atoms with van der Waals surface area (Å²) < 4.78 is 0. The smallest absolute Gasteiger partial charge is 0.248 e. The number of rotatable bonds is 3. The predicted molar refractivity (Wildman–Crippen MR) is 68.9 cm³/mol. The van der Waals surface area contributed by atoms with Crippen LogP contribution in [0.2, 0.25) is 0 Å². The van der Waals surface area contributed by atoms with Gasteiger partial charge in [0.2, 0.25) is 5.91 Å². The van der Waals surface area contributed by atoms with E-state index in [1.807, 2.05) is 51.0 Å². The fourth-order valence-corrected chi connectivity index (χ4v) is 1.50. The van der Waals surface area contributed by atoms with Crippen LogP contribution in [0.4, 0.5) is 11.4 Å². The normalized spacial score (nSPS) is 10.5. The van der Waals surface area contributed by atoms with E-state index in [4.69, 9.17) is 0 Å². The lowest BCUT2D eigenvalue weighted by Gasteiger charge is -2.16. The van der Waals surface area contributed by atoms with Gasteiger partial charge in [0.15, 0.2) is 0 Å². The van der Waals surface area contributed by atoms with E-state index in [0.717, 1.165) is 11.4 Å². The van der Waals surface area contributed by atoms with E-state index in [0.29, 0.717) is 0 Å². The lowest BCUT2D eigenvalue weighted by Crippen LogP contribution is -2.12. The van der Waals surface area contributed by atoms with Gasteiger partial charge in [-0.3, -0.25) is 4.79 Å². The third-order valence-corrected chi connectivity index (χ3v) is 2.28. The van der Waals surface area contributed by atoms with Gasteiger partial charge < -0.3 is 10.2 Å². The van der Waals surface area contributed by atoms with Crippen LogP contribution in [0.3, 0.4) is 0 Å². The summed E-state index contributed by atoms with van der Waals surface area (Å²) in [5.74, 6) is -0.101. The minimum Gasteiger partial charge on any atom is -0.377 e. The fourth-order valence-electron chi connectivity index (χ4n) is 1.50. The summed E-state index contributed by atoms with van der Waals surface area (Å²) in [5, 5.41) is 2.81. The molecular weight excluding hydrogens is 200 g/mol. The Kier molecular flexibility index (Phi) is 4.11. The Bertz CT molecular complexity index is 408. The van der Waals surface area contributed by atoms with Gasteiger partial charge in [0.1, 0.15) is 0 Å². The van der Waals surface area contributed by atoms with E-state index >= 15 is 0 Å². The topological polar surface area (TPSA) is 32.3 Å². The molecule has 0 aromatic heterocycles. The van der Waals surface area contributed by atoms with E-state index in [1.54, 1.807) is 6.08 Å². The Labute approximate surface area is 96.8 Å². The molecule has 0 aliphatic heterocycles. The molecule has 0 radical (unpaired) electrons. The molecule has 3 nitrogen and oxygen atoms in total. The molecule has 0 spiro atoms. The molecule has 3 heteroatoms. The molecule has 0 aliphatic carbocycles. The van der Waals surface area contributed by atoms with Crippen molar-refractivity contribution >= 4 is 17.3 Å². The van der Waals surface area contributed by atoms with Crippen molar-refractivity contribution < 1.29 is 4.79 Å². The van der Waals surface area contributed by atoms with Gasteiger partial charge in [-0.2, -0.15) is 0 Å². The SMILES string of the molecule is C/C=C/C(=O)Nc1ccc(C)c(N(C)C)c1. The molecule has 0 saturated heterocycles. The molecule has 0 heterocycles. The second-order valence-corrected chi connectivity index (χ2v) is 3.88. The first-order valence-corrected chi connectivity index (χ1v) is 5.26.